The molecule has 1 aliphatic heterocycles. The lowest BCUT2D eigenvalue weighted by molar-refractivity contribution is -0.109. The van der Waals surface area contributed by atoms with E-state index in [0.29, 0.717) is 19.6 Å². The van der Waals surface area contributed by atoms with E-state index in [1.54, 1.807) is 7.11 Å². The third-order valence-electron chi connectivity index (χ3n) is 3.77. The average Bonchev–Trinajstić information content (AvgIpc) is 2.59. The second-order valence-electron chi connectivity index (χ2n) is 5.20. The van der Waals surface area contributed by atoms with Crippen LogP contribution in [0.2, 0.25) is 0 Å². The monoisotopic (exact) mass is 298 g/mol. The van der Waals surface area contributed by atoms with Gasteiger partial charge < -0.3 is 19.0 Å². The fraction of sp³-hybridized carbons (Fsp3) is 0.278. The van der Waals surface area contributed by atoms with Gasteiger partial charge in [-0.15, -0.1) is 0 Å². The number of ether oxygens (including phenoxy) is 3. The lowest BCUT2D eigenvalue weighted by Gasteiger charge is -2.19. The molecule has 4 nitrogen and oxygen atoms in total. The Kier molecular flexibility index (Phi) is 4.28. The van der Waals surface area contributed by atoms with Gasteiger partial charge in [0, 0.05) is 5.92 Å². The summed E-state index contributed by atoms with van der Waals surface area (Å²) in [4.78, 5) is 11.5. The first kappa shape index (κ1) is 14.4. The maximum atomic E-state index is 11.5. The van der Waals surface area contributed by atoms with Crippen LogP contribution in [0.3, 0.4) is 0 Å². The lowest BCUT2D eigenvalue weighted by atomic mass is 9.93. The Bertz CT molecular complexity index is 649. The van der Waals surface area contributed by atoms with E-state index in [9.17, 15) is 4.79 Å². The van der Waals surface area contributed by atoms with Crippen LogP contribution in [0, 0.1) is 0 Å². The van der Waals surface area contributed by atoms with Gasteiger partial charge in [0.25, 0.3) is 0 Å². The SMILES string of the molecule is COc1ccc(C(C=O)Cc2ccc3c(c2)OCCO3)cc1. The van der Waals surface area contributed by atoms with Crippen molar-refractivity contribution in [2.45, 2.75) is 12.3 Å². The number of carbonyl (C=O) groups is 1. The van der Waals surface area contributed by atoms with Gasteiger partial charge in [-0.3, -0.25) is 0 Å². The molecule has 0 radical (unpaired) electrons. The number of fused-ring (bicyclic) bond motifs is 1. The number of hydrogen-bond donors (Lipinski definition) is 0. The summed E-state index contributed by atoms with van der Waals surface area (Å²) in [6, 6.07) is 13.4. The van der Waals surface area contributed by atoms with E-state index in [2.05, 4.69) is 0 Å². The number of benzene rings is 2. The highest BCUT2D eigenvalue weighted by Crippen LogP contribution is 2.32. The third-order valence-corrected chi connectivity index (χ3v) is 3.77. The molecule has 0 bridgehead atoms. The fourth-order valence-electron chi connectivity index (χ4n) is 2.56. The Balaban J connectivity index is 1.78. The minimum absolute atomic E-state index is 0.187. The normalized spacial score (nSPS) is 14.2. The first-order valence-corrected chi connectivity index (χ1v) is 7.28. The smallest absolute Gasteiger partial charge is 0.161 e. The summed E-state index contributed by atoms with van der Waals surface area (Å²) in [6.45, 7) is 1.14. The Morgan fingerprint density at radius 3 is 2.50 bits per heavy atom. The van der Waals surface area contributed by atoms with Gasteiger partial charge in [0.15, 0.2) is 11.5 Å². The minimum atomic E-state index is -0.187. The van der Waals surface area contributed by atoms with Crippen molar-refractivity contribution in [3.8, 4) is 17.2 Å². The van der Waals surface area contributed by atoms with Crippen molar-refractivity contribution < 1.29 is 19.0 Å². The molecule has 0 saturated carbocycles. The van der Waals surface area contributed by atoms with E-state index in [1.165, 1.54) is 0 Å². The van der Waals surface area contributed by atoms with E-state index in [1.807, 2.05) is 42.5 Å². The zero-order chi connectivity index (χ0) is 15.4. The van der Waals surface area contributed by atoms with Gasteiger partial charge in [0.1, 0.15) is 25.2 Å². The van der Waals surface area contributed by atoms with Crippen molar-refractivity contribution in [3.05, 3.63) is 53.6 Å². The molecule has 0 spiro atoms. The van der Waals surface area contributed by atoms with Crippen LogP contribution in [0.15, 0.2) is 42.5 Å². The quantitative estimate of drug-likeness (QED) is 0.796. The molecule has 2 aromatic rings. The molecule has 1 aliphatic rings. The van der Waals surface area contributed by atoms with E-state index in [-0.39, 0.29) is 5.92 Å². The average molecular weight is 298 g/mol. The minimum Gasteiger partial charge on any atom is -0.497 e. The molecule has 22 heavy (non-hydrogen) atoms. The van der Waals surface area contributed by atoms with Gasteiger partial charge >= 0.3 is 0 Å². The number of hydrogen-bond acceptors (Lipinski definition) is 4. The Labute approximate surface area is 129 Å². The highest BCUT2D eigenvalue weighted by Gasteiger charge is 2.15. The maximum absolute atomic E-state index is 11.5. The van der Waals surface area contributed by atoms with Crippen LogP contribution in [0.1, 0.15) is 17.0 Å². The zero-order valence-corrected chi connectivity index (χ0v) is 12.5. The molecule has 0 aliphatic carbocycles. The highest BCUT2D eigenvalue weighted by molar-refractivity contribution is 5.63. The predicted octanol–water partition coefficient (Wildman–Crippen LogP) is 2.99. The van der Waals surface area contributed by atoms with E-state index < -0.39 is 0 Å². The van der Waals surface area contributed by atoms with Crippen molar-refractivity contribution in [2.24, 2.45) is 0 Å². The van der Waals surface area contributed by atoms with Crippen LogP contribution in [0.5, 0.6) is 17.2 Å². The van der Waals surface area contributed by atoms with Crippen LogP contribution < -0.4 is 14.2 Å². The second kappa shape index (κ2) is 6.52. The summed E-state index contributed by atoms with van der Waals surface area (Å²) in [6.07, 6.45) is 1.62. The number of methoxy groups -OCH3 is 1. The Morgan fingerprint density at radius 1 is 1.09 bits per heavy atom. The Hall–Kier alpha value is -2.49. The molecule has 114 valence electrons. The Morgan fingerprint density at radius 2 is 1.82 bits per heavy atom. The van der Waals surface area contributed by atoms with Crippen LogP contribution in [-0.2, 0) is 11.2 Å². The summed E-state index contributed by atoms with van der Waals surface area (Å²) in [5, 5.41) is 0. The van der Waals surface area contributed by atoms with Gasteiger partial charge in [-0.25, -0.2) is 0 Å². The van der Waals surface area contributed by atoms with Crippen LogP contribution in [-0.4, -0.2) is 26.6 Å². The van der Waals surface area contributed by atoms with Crippen molar-refractivity contribution >= 4 is 6.29 Å². The number of carbonyl (C=O) groups excluding carboxylic acids is 1. The van der Waals surface area contributed by atoms with Gasteiger partial charge in [0.2, 0.25) is 0 Å². The van der Waals surface area contributed by atoms with Gasteiger partial charge in [-0.2, -0.15) is 0 Å². The molecule has 0 saturated heterocycles. The molecule has 0 N–H and O–H groups in total. The zero-order valence-electron chi connectivity index (χ0n) is 12.5. The third kappa shape index (κ3) is 3.06. The highest BCUT2D eigenvalue weighted by atomic mass is 16.6. The second-order valence-corrected chi connectivity index (χ2v) is 5.20. The molecular weight excluding hydrogens is 280 g/mol. The van der Waals surface area contributed by atoms with Crippen molar-refractivity contribution in [1.82, 2.24) is 0 Å². The van der Waals surface area contributed by atoms with E-state index in [0.717, 1.165) is 34.7 Å². The van der Waals surface area contributed by atoms with Gasteiger partial charge in [-0.1, -0.05) is 18.2 Å². The van der Waals surface area contributed by atoms with Crippen molar-refractivity contribution in [1.29, 1.82) is 0 Å². The standard InChI is InChI=1S/C18H18O4/c1-20-16-5-3-14(4-6-16)15(12-19)10-13-2-7-17-18(11-13)22-9-8-21-17/h2-7,11-12,15H,8-10H2,1H3. The summed E-state index contributed by atoms with van der Waals surface area (Å²) < 4.78 is 16.2. The van der Waals surface area contributed by atoms with Gasteiger partial charge in [-0.05, 0) is 41.8 Å². The molecule has 0 amide bonds. The summed E-state index contributed by atoms with van der Waals surface area (Å²) in [5.41, 5.74) is 2.03. The largest absolute Gasteiger partial charge is 0.497 e. The molecule has 0 aromatic heterocycles. The molecule has 1 unspecified atom stereocenters. The molecule has 1 heterocycles. The van der Waals surface area contributed by atoms with E-state index >= 15 is 0 Å². The molecular formula is C18H18O4. The number of rotatable bonds is 5. The first-order valence-electron chi connectivity index (χ1n) is 7.28. The van der Waals surface area contributed by atoms with Crippen LogP contribution >= 0.6 is 0 Å². The predicted molar refractivity (Wildman–Crippen MR) is 82.9 cm³/mol. The lowest BCUT2D eigenvalue weighted by Crippen LogP contribution is -2.15. The van der Waals surface area contributed by atoms with Gasteiger partial charge in [0.05, 0.1) is 7.11 Å². The fourth-order valence-corrected chi connectivity index (χ4v) is 2.56. The van der Waals surface area contributed by atoms with Crippen LogP contribution in [0.25, 0.3) is 0 Å². The molecule has 3 rings (SSSR count). The van der Waals surface area contributed by atoms with E-state index in [4.69, 9.17) is 14.2 Å². The molecule has 0 fully saturated rings. The summed E-state index contributed by atoms with van der Waals surface area (Å²) >= 11 is 0. The topological polar surface area (TPSA) is 44.8 Å². The maximum Gasteiger partial charge on any atom is 0.161 e. The number of aldehydes is 1. The molecule has 2 aromatic carbocycles. The first-order chi connectivity index (χ1) is 10.8. The molecule has 4 heteroatoms. The molecule has 1 atom stereocenters. The van der Waals surface area contributed by atoms with Crippen LogP contribution in [0.4, 0.5) is 0 Å². The van der Waals surface area contributed by atoms with Crippen molar-refractivity contribution in [3.63, 3.8) is 0 Å². The summed E-state index contributed by atoms with van der Waals surface area (Å²) in [5.74, 6) is 2.12. The summed E-state index contributed by atoms with van der Waals surface area (Å²) in [7, 11) is 1.63. The van der Waals surface area contributed by atoms with Crippen molar-refractivity contribution in [2.75, 3.05) is 20.3 Å².